The van der Waals surface area contributed by atoms with Gasteiger partial charge in [0, 0.05) is 37.9 Å². The molecule has 1 atom stereocenters. The van der Waals surface area contributed by atoms with E-state index in [1.807, 2.05) is 51.1 Å². The summed E-state index contributed by atoms with van der Waals surface area (Å²) >= 11 is 0. The van der Waals surface area contributed by atoms with Gasteiger partial charge in [-0.15, -0.1) is 0 Å². The number of likely N-dealkylation sites (tertiary alicyclic amines) is 2. The minimum atomic E-state index is -0.543. The van der Waals surface area contributed by atoms with Crippen molar-refractivity contribution in [2.24, 2.45) is 5.92 Å². The van der Waals surface area contributed by atoms with Gasteiger partial charge in [-0.25, -0.2) is 4.79 Å². The van der Waals surface area contributed by atoms with Gasteiger partial charge in [0.15, 0.2) is 0 Å². The molecule has 0 saturated carbocycles. The van der Waals surface area contributed by atoms with Crippen LogP contribution in [0.25, 0.3) is 0 Å². The van der Waals surface area contributed by atoms with Crippen LogP contribution in [0.4, 0.5) is 10.5 Å². The fourth-order valence-corrected chi connectivity index (χ4v) is 4.16. The summed E-state index contributed by atoms with van der Waals surface area (Å²) in [6.07, 6.45) is 2.85. The van der Waals surface area contributed by atoms with Crippen molar-refractivity contribution < 1.29 is 19.1 Å². The summed E-state index contributed by atoms with van der Waals surface area (Å²) in [4.78, 5) is 41.2. The molecular formula is C24H36N4O4. The summed E-state index contributed by atoms with van der Waals surface area (Å²) in [5.74, 6) is -0.215. The van der Waals surface area contributed by atoms with E-state index in [-0.39, 0.29) is 29.9 Å². The zero-order chi connectivity index (χ0) is 23.1. The second-order valence-corrected chi connectivity index (χ2v) is 9.74. The van der Waals surface area contributed by atoms with E-state index in [1.165, 1.54) is 0 Å². The van der Waals surface area contributed by atoms with Gasteiger partial charge in [-0.3, -0.25) is 14.5 Å². The standard InChI is InChI=1S/C24H36N4O4/c1-24(2,3)32-23(31)28-13-7-8-18(16-28)22(30)26-20-11-14-27(15-12-20)17-21(29)25-19-9-5-4-6-10-19/h4-6,9-10,18,20H,7-8,11-17H2,1-3H3,(H,25,29)(H,26,30). The molecule has 3 amide bonds. The Morgan fingerprint density at radius 2 is 1.72 bits per heavy atom. The van der Waals surface area contributed by atoms with Gasteiger partial charge < -0.3 is 20.3 Å². The molecule has 0 spiro atoms. The number of rotatable bonds is 5. The van der Waals surface area contributed by atoms with E-state index in [0.717, 1.165) is 44.5 Å². The van der Waals surface area contributed by atoms with Crippen molar-refractivity contribution in [1.82, 2.24) is 15.1 Å². The van der Waals surface area contributed by atoms with Gasteiger partial charge in [0.05, 0.1) is 12.5 Å². The largest absolute Gasteiger partial charge is 0.444 e. The van der Waals surface area contributed by atoms with E-state index in [2.05, 4.69) is 15.5 Å². The molecule has 3 rings (SSSR count). The van der Waals surface area contributed by atoms with Crippen molar-refractivity contribution in [2.45, 2.75) is 58.1 Å². The van der Waals surface area contributed by atoms with Crippen LogP contribution in [-0.4, -0.2) is 72.1 Å². The van der Waals surface area contributed by atoms with Crippen LogP contribution in [-0.2, 0) is 14.3 Å². The molecule has 0 bridgehead atoms. The highest BCUT2D eigenvalue weighted by Crippen LogP contribution is 2.20. The number of hydrogen-bond acceptors (Lipinski definition) is 5. The first-order valence-electron chi connectivity index (χ1n) is 11.5. The lowest BCUT2D eigenvalue weighted by molar-refractivity contribution is -0.127. The minimum absolute atomic E-state index is 0.0125. The van der Waals surface area contributed by atoms with Crippen molar-refractivity contribution in [2.75, 3.05) is 38.0 Å². The zero-order valence-electron chi connectivity index (χ0n) is 19.4. The Balaban J connectivity index is 1.39. The van der Waals surface area contributed by atoms with Crippen LogP contribution in [0.3, 0.4) is 0 Å². The van der Waals surface area contributed by atoms with Crippen LogP contribution in [0.2, 0.25) is 0 Å². The zero-order valence-corrected chi connectivity index (χ0v) is 19.4. The van der Waals surface area contributed by atoms with Crippen molar-refractivity contribution in [1.29, 1.82) is 0 Å². The average Bonchev–Trinajstić information content (AvgIpc) is 2.74. The first-order valence-corrected chi connectivity index (χ1v) is 11.5. The van der Waals surface area contributed by atoms with Crippen molar-refractivity contribution in [3.05, 3.63) is 30.3 Å². The maximum atomic E-state index is 12.8. The molecule has 1 unspecified atom stereocenters. The van der Waals surface area contributed by atoms with E-state index in [4.69, 9.17) is 4.74 Å². The fraction of sp³-hybridized carbons (Fsp3) is 0.625. The van der Waals surface area contributed by atoms with Crippen molar-refractivity contribution in [3.63, 3.8) is 0 Å². The summed E-state index contributed by atoms with van der Waals surface area (Å²) in [5, 5.41) is 6.08. The number of benzene rings is 1. The second-order valence-electron chi connectivity index (χ2n) is 9.74. The van der Waals surface area contributed by atoms with Crippen molar-refractivity contribution in [3.8, 4) is 0 Å². The minimum Gasteiger partial charge on any atom is -0.444 e. The second kappa shape index (κ2) is 10.8. The summed E-state index contributed by atoms with van der Waals surface area (Å²) in [7, 11) is 0. The molecule has 8 heteroatoms. The van der Waals surface area contributed by atoms with Gasteiger partial charge in [-0.2, -0.15) is 0 Å². The first-order chi connectivity index (χ1) is 15.2. The molecule has 2 heterocycles. The molecule has 2 aliphatic heterocycles. The van der Waals surface area contributed by atoms with Crippen LogP contribution in [0.5, 0.6) is 0 Å². The normalized spacial score (nSPS) is 20.5. The number of carbonyl (C=O) groups excluding carboxylic acids is 3. The van der Waals surface area contributed by atoms with E-state index in [1.54, 1.807) is 4.90 Å². The lowest BCUT2D eigenvalue weighted by Crippen LogP contribution is -2.51. The molecule has 2 aliphatic rings. The predicted octanol–water partition coefficient (Wildman–Crippen LogP) is 2.85. The van der Waals surface area contributed by atoms with Crippen LogP contribution >= 0.6 is 0 Å². The molecule has 1 aromatic carbocycles. The molecule has 176 valence electrons. The summed E-state index contributed by atoms with van der Waals surface area (Å²) in [6, 6.07) is 9.54. The molecule has 2 N–H and O–H groups in total. The van der Waals surface area contributed by atoms with Gasteiger partial charge in [-0.1, -0.05) is 18.2 Å². The molecule has 2 fully saturated rings. The number of ether oxygens (including phenoxy) is 1. The predicted molar refractivity (Wildman–Crippen MR) is 123 cm³/mol. The van der Waals surface area contributed by atoms with Crippen LogP contribution < -0.4 is 10.6 Å². The molecule has 0 radical (unpaired) electrons. The average molecular weight is 445 g/mol. The number of para-hydroxylation sites is 1. The summed E-state index contributed by atoms with van der Waals surface area (Å²) in [5.41, 5.74) is 0.255. The highest BCUT2D eigenvalue weighted by molar-refractivity contribution is 5.92. The lowest BCUT2D eigenvalue weighted by atomic mass is 9.96. The molecule has 32 heavy (non-hydrogen) atoms. The molecule has 0 aromatic heterocycles. The van der Waals surface area contributed by atoms with Gasteiger partial charge in [0.25, 0.3) is 0 Å². The third-order valence-corrected chi connectivity index (χ3v) is 5.80. The Hall–Kier alpha value is -2.61. The first kappa shape index (κ1) is 24.0. The highest BCUT2D eigenvalue weighted by atomic mass is 16.6. The van der Waals surface area contributed by atoms with Crippen molar-refractivity contribution >= 4 is 23.6 Å². The molecule has 1 aromatic rings. The number of nitrogens with one attached hydrogen (secondary N) is 2. The van der Waals surface area contributed by atoms with E-state index in [0.29, 0.717) is 19.6 Å². The molecule has 0 aliphatic carbocycles. The van der Waals surface area contributed by atoms with Gasteiger partial charge in [0.2, 0.25) is 11.8 Å². The Labute approximate surface area is 190 Å². The number of carbonyl (C=O) groups is 3. The van der Waals surface area contributed by atoms with Crippen LogP contribution in [0.15, 0.2) is 30.3 Å². The Morgan fingerprint density at radius 1 is 1.03 bits per heavy atom. The topological polar surface area (TPSA) is 91.0 Å². The van der Waals surface area contributed by atoms with Crippen LogP contribution in [0, 0.1) is 5.92 Å². The van der Waals surface area contributed by atoms with Gasteiger partial charge in [0.1, 0.15) is 5.60 Å². The maximum Gasteiger partial charge on any atom is 0.410 e. The highest BCUT2D eigenvalue weighted by Gasteiger charge is 2.32. The number of piperidine rings is 2. The van der Waals surface area contributed by atoms with Gasteiger partial charge >= 0.3 is 6.09 Å². The number of anilines is 1. The van der Waals surface area contributed by atoms with Crippen LogP contribution in [0.1, 0.15) is 46.5 Å². The lowest BCUT2D eigenvalue weighted by Gasteiger charge is -2.35. The third kappa shape index (κ3) is 7.51. The number of hydrogen-bond donors (Lipinski definition) is 2. The number of amides is 3. The van der Waals surface area contributed by atoms with E-state index in [9.17, 15) is 14.4 Å². The summed E-state index contributed by atoms with van der Waals surface area (Å²) in [6.45, 7) is 8.44. The van der Waals surface area contributed by atoms with E-state index < -0.39 is 5.60 Å². The number of nitrogens with zero attached hydrogens (tertiary/aromatic N) is 2. The SMILES string of the molecule is CC(C)(C)OC(=O)N1CCCC(C(=O)NC2CCN(CC(=O)Nc3ccccc3)CC2)C1. The Morgan fingerprint density at radius 3 is 2.38 bits per heavy atom. The monoisotopic (exact) mass is 444 g/mol. The molecular weight excluding hydrogens is 408 g/mol. The Kier molecular flexibility index (Phi) is 8.12. The Bertz CT molecular complexity index is 785. The fourth-order valence-electron chi connectivity index (χ4n) is 4.16. The van der Waals surface area contributed by atoms with Gasteiger partial charge in [-0.05, 0) is 58.6 Å². The summed E-state index contributed by atoms with van der Waals surface area (Å²) < 4.78 is 5.45. The molecule has 2 saturated heterocycles. The molecule has 8 nitrogen and oxygen atoms in total. The van der Waals surface area contributed by atoms with E-state index >= 15 is 0 Å². The third-order valence-electron chi connectivity index (χ3n) is 5.80. The smallest absolute Gasteiger partial charge is 0.410 e. The maximum absolute atomic E-state index is 12.8. The quantitative estimate of drug-likeness (QED) is 0.729.